The smallest absolute Gasteiger partial charge is 0.229 e. The third-order valence-electron chi connectivity index (χ3n) is 5.18. The number of rotatable bonds is 7. The van der Waals surface area contributed by atoms with Crippen LogP contribution in [0.4, 0.5) is 28.8 Å². The van der Waals surface area contributed by atoms with Crippen molar-refractivity contribution >= 4 is 40.6 Å². The summed E-state index contributed by atoms with van der Waals surface area (Å²) < 4.78 is 0. The van der Waals surface area contributed by atoms with Crippen LogP contribution in [0.5, 0.6) is 0 Å². The number of hydrogen-bond acceptors (Lipinski definition) is 6. The van der Waals surface area contributed by atoms with E-state index < -0.39 is 0 Å². The molecule has 0 bridgehead atoms. The Balaban J connectivity index is 1.37. The number of carbonyl (C=O) groups is 2. The molecular formula is C24H26N6O2. The first-order valence-electron chi connectivity index (χ1n) is 10.6. The fourth-order valence-corrected chi connectivity index (χ4v) is 3.64. The van der Waals surface area contributed by atoms with E-state index in [1.807, 2.05) is 74.5 Å². The third kappa shape index (κ3) is 5.03. The molecule has 3 aromatic rings. The predicted molar refractivity (Wildman–Crippen MR) is 126 cm³/mol. The molecule has 3 N–H and O–H groups in total. The molecule has 0 aliphatic carbocycles. The highest BCUT2D eigenvalue weighted by molar-refractivity contribution is 6.03. The van der Waals surface area contributed by atoms with Crippen LogP contribution in [0.1, 0.15) is 19.0 Å². The molecule has 32 heavy (non-hydrogen) atoms. The van der Waals surface area contributed by atoms with Gasteiger partial charge in [-0.25, -0.2) is 4.98 Å². The molecule has 0 spiro atoms. The lowest BCUT2D eigenvalue weighted by Gasteiger charge is -2.16. The SMILES string of the molecule is CCNc1nc(C)cc(Nc2ccc(NC(=O)C3CC(=O)N(c4ccccc4)C3)cc2)n1. The number of anilines is 5. The van der Waals surface area contributed by atoms with E-state index in [4.69, 9.17) is 0 Å². The van der Waals surface area contributed by atoms with E-state index in [0.29, 0.717) is 24.0 Å². The highest BCUT2D eigenvalue weighted by atomic mass is 16.2. The van der Waals surface area contributed by atoms with Gasteiger partial charge in [-0.3, -0.25) is 9.59 Å². The minimum atomic E-state index is -0.381. The van der Waals surface area contributed by atoms with Crippen LogP contribution in [0.25, 0.3) is 0 Å². The largest absolute Gasteiger partial charge is 0.354 e. The maximum absolute atomic E-state index is 12.7. The molecule has 1 aromatic heterocycles. The Labute approximate surface area is 187 Å². The minimum Gasteiger partial charge on any atom is -0.354 e. The van der Waals surface area contributed by atoms with Crippen LogP contribution in [0.3, 0.4) is 0 Å². The van der Waals surface area contributed by atoms with Gasteiger partial charge in [0, 0.05) is 48.3 Å². The summed E-state index contributed by atoms with van der Waals surface area (Å²) in [5.74, 6) is 0.700. The molecule has 1 atom stereocenters. The minimum absolute atomic E-state index is 0.0343. The Kier molecular flexibility index (Phi) is 6.30. The van der Waals surface area contributed by atoms with Gasteiger partial charge < -0.3 is 20.9 Å². The fraction of sp³-hybridized carbons (Fsp3) is 0.250. The van der Waals surface area contributed by atoms with Crippen molar-refractivity contribution in [3.8, 4) is 0 Å². The van der Waals surface area contributed by atoms with E-state index >= 15 is 0 Å². The number of aromatic nitrogens is 2. The van der Waals surface area contributed by atoms with E-state index in [1.54, 1.807) is 4.90 Å². The number of nitrogens with one attached hydrogen (secondary N) is 3. The average molecular weight is 431 g/mol. The second kappa shape index (κ2) is 9.47. The Morgan fingerprint density at radius 3 is 2.50 bits per heavy atom. The lowest BCUT2D eigenvalue weighted by molar-refractivity contribution is -0.122. The van der Waals surface area contributed by atoms with Gasteiger partial charge in [0.25, 0.3) is 0 Å². The number of hydrogen-bond donors (Lipinski definition) is 3. The van der Waals surface area contributed by atoms with Crippen molar-refractivity contribution < 1.29 is 9.59 Å². The zero-order valence-corrected chi connectivity index (χ0v) is 18.1. The topological polar surface area (TPSA) is 99.2 Å². The standard InChI is InChI=1S/C24H26N6O2/c1-3-25-24-26-16(2)13-21(29-24)27-18-9-11-19(12-10-18)28-23(32)17-14-22(31)30(15-17)20-7-5-4-6-8-20/h4-13,17H,3,14-15H2,1-2H3,(H,28,32)(H2,25,26,27,29). The van der Waals surface area contributed by atoms with Crippen molar-refractivity contribution in [3.63, 3.8) is 0 Å². The Morgan fingerprint density at radius 2 is 1.78 bits per heavy atom. The molecule has 8 heteroatoms. The first-order valence-corrected chi connectivity index (χ1v) is 10.6. The van der Waals surface area contributed by atoms with Gasteiger partial charge in [0.1, 0.15) is 5.82 Å². The molecule has 2 heterocycles. The Hall–Kier alpha value is -3.94. The summed E-state index contributed by atoms with van der Waals surface area (Å²) >= 11 is 0. The Morgan fingerprint density at radius 1 is 1.06 bits per heavy atom. The number of aryl methyl sites for hydroxylation is 1. The lowest BCUT2D eigenvalue weighted by Crippen LogP contribution is -2.28. The zero-order chi connectivity index (χ0) is 22.5. The molecule has 8 nitrogen and oxygen atoms in total. The maximum Gasteiger partial charge on any atom is 0.229 e. The molecule has 1 saturated heterocycles. The maximum atomic E-state index is 12.7. The second-order valence-corrected chi connectivity index (χ2v) is 7.68. The van der Waals surface area contributed by atoms with E-state index in [0.717, 1.165) is 23.6 Å². The highest BCUT2D eigenvalue weighted by Gasteiger charge is 2.35. The number of nitrogens with zero attached hydrogens (tertiary/aromatic N) is 3. The van der Waals surface area contributed by atoms with Crippen molar-refractivity contribution in [3.05, 3.63) is 66.4 Å². The van der Waals surface area contributed by atoms with E-state index in [9.17, 15) is 9.59 Å². The molecule has 4 rings (SSSR count). The van der Waals surface area contributed by atoms with Crippen LogP contribution in [0, 0.1) is 12.8 Å². The van der Waals surface area contributed by atoms with Crippen LogP contribution < -0.4 is 20.9 Å². The van der Waals surface area contributed by atoms with Crippen molar-refractivity contribution in [1.82, 2.24) is 9.97 Å². The molecule has 1 unspecified atom stereocenters. The quantitative estimate of drug-likeness (QED) is 0.525. The van der Waals surface area contributed by atoms with Gasteiger partial charge in [-0.2, -0.15) is 4.98 Å². The summed E-state index contributed by atoms with van der Waals surface area (Å²) in [4.78, 5) is 35.5. The second-order valence-electron chi connectivity index (χ2n) is 7.68. The van der Waals surface area contributed by atoms with Gasteiger partial charge in [-0.1, -0.05) is 18.2 Å². The normalized spacial score (nSPS) is 15.5. The zero-order valence-electron chi connectivity index (χ0n) is 18.1. The first-order chi connectivity index (χ1) is 15.5. The molecule has 0 radical (unpaired) electrons. The van der Waals surface area contributed by atoms with Gasteiger partial charge in [-0.05, 0) is 50.2 Å². The van der Waals surface area contributed by atoms with Crippen LogP contribution >= 0.6 is 0 Å². The molecule has 1 aliphatic rings. The molecule has 1 aliphatic heterocycles. The molecule has 2 amide bonds. The van der Waals surface area contributed by atoms with Gasteiger partial charge in [0.2, 0.25) is 17.8 Å². The number of para-hydroxylation sites is 1. The van der Waals surface area contributed by atoms with E-state index in [1.165, 1.54) is 0 Å². The summed E-state index contributed by atoms with van der Waals surface area (Å²) in [6, 6.07) is 18.7. The van der Waals surface area contributed by atoms with Crippen molar-refractivity contribution in [1.29, 1.82) is 0 Å². The summed E-state index contributed by atoms with van der Waals surface area (Å²) in [5.41, 5.74) is 3.20. The van der Waals surface area contributed by atoms with Crippen LogP contribution in [-0.4, -0.2) is 34.9 Å². The fourth-order valence-electron chi connectivity index (χ4n) is 3.64. The molecule has 1 fully saturated rings. The number of amides is 2. The number of benzene rings is 2. The van der Waals surface area contributed by atoms with Crippen molar-refractivity contribution in [2.45, 2.75) is 20.3 Å². The monoisotopic (exact) mass is 430 g/mol. The molecule has 2 aromatic carbocycles. The third-order valence-corrected chi connectivity index (χ3v) is 5.18. The van der Waals surface area contributed by atoms with Gasteiger partial charge in [0.15, 0.2) is 0 Å². The summed E-state index contributed by atoms with van der Waals surface area (Å²) in [6.45, 7) is 5.04. The summed E-state index contributed by atoms with van der Waals surface area (Å²) in [5, 5.41) is 9.29. The van der Waals surface area contributed by atoms with Crippen molar-refractivity contribution in [2.75, 3.05) is 33.9 Å². The highest BCUT2D eigenvalue weighted by Crippen LogP contribution is 2.26. The molecule has 164 valence electrons. The van der Waals surface area contributed by atoms with Crippen LogP contribution in [0.15, 0.2) is 60.7 Å². The first kappa shape index (κ1) is 21.3. The summed E-state index contributed by atoms with van der Waals surface area (Å²) in [7, 11) is 0. The molecule has 0 saturated carbocycles. The van der Waals surface area contributed by atoms with E-state index in [2.05, 4.69) is 25.9 Å². The van der Waals surface area contributed by atoms with Crippen LogP contribution in [0.2, 0.25) is 0 Å². The lowest BCUT2D eigenvalue weighted by atomic mass is 10.1. The molecular weight excluding hydrogens is 404 g/mol. The number of carbonyl (C=O) groups excluding carboxylic acids is 2. The van der Waals surface area contributed by atoms with Gasteiger partial charge in [0.05, 0.1) is 5.92 Å². The van der Waals surface area contributed by atoms with E-state index in [-0.39, 0.29) is 24.2 Å². The van der Waals surface area contributed by atoms with Gasteiger partial charge in [-0.15, -0.1) is 0 Å². The van der Waals surface area contributed by atoms with Crippen LogP contribution in [-0.2, 0) is 9.59 Å². The average Bonchev–Trinajstić information content (AvgIpc) is 3.17. The Bertz CT molecular complexity index is 1100. The predicted octanol–water partition coefficient (Wildman–Crippen LogP) is 3.95. The van der Waals surface area contributed by atoms with Gasteiger partial charge >= 0.3 is 0 Å². The summed E-state index contributed by atoms with van der Waals surface area (Å²) in [6.07, 6.45) is 0.210. The van der Waals surface area contributed by atoms with Crippen molar-refractivity contribution in [2.24, 2.45) is 5.92 Å².